The molecule has 1 rings (SSSR count). The lowest BCUT2D eigenvalue weighted by molar-refractivity contribution is 0.343. The molecule has 0 saturated heterocycles. The molecule has 0 radical (unpaired) electrons. The standard InChI is InChI=1S/C10H14NO2PS/c1-2-13-14(12,8-10(11)15)9-6-4-3-5-7-9/h3-7H,2,8H2,1H3,(H2,11,15). The molecule has 15 heavy (non-hydrogen) atoms. The highest BCUT2D eigenvalue weighted by molar-refractivity contribution is 7.82. The van der Waals surface area contributed by atoms with Gasteiger partial charge in [0.05, 0.1) is 17.8 Å². The van der Waals surface area contributed by atoms with Crippen LogP contribution in [0.25, 0.3) is 0 Å². The molecule has 0 spiro atoms. The van der Waals surface area contributed by atoms with Crippen LogP contribution in [0.3, 0.4) is 0 Å². The molecule has 2 N–H and O–H groups in total. The number of hydrogen-bond acceptors (Lipinski definition) is 3. The van der Waals surface area contributed by atoms with Gasteiger partial charge in [0.25, 0.3) is 0 Å². The van der Waals surface area contributed by atoms with Crippen LogP contribution in [0.5, 0.6) is 0 Å². The van der Waals surface area contributed by atoms with Crippen molar-refractivity contribution in [2.24, 2.45) is 5.73 Å². The second-order valence-corrected chi connectivity index (χ2v) is 6.01. The molecule has 3 nitrogen and oxygen atoms in total. The predicted octanol–water partition coefficient (Wildman–Crippen LogP) is 1.91. The van der Waals surface area contributed by atoms with E-state index >= 15 is 0 Å². The third-order valence-corrected chi connectivity index (χ3v) is 4.73. The molecule has 1 unspecified atom stereocenters. The van der Waals surface area contributed by atoms with Crippen LogP contribution in [0.15, 0.2) is 30.3 Å². The second kappa shape index (κ2) is 5.40. The van der Waals surface area contributed by atoms with Gasteiger partial charge in [-0.15, -0.1) is 0 Å². The zero-order valence-electron chi connectivity index (χ0n) is 8.55. The summed E-state index contributed by atoms with van der Waals surface area (Å²) in [6, 6.07) is 9.05. The van der Waals surface area contributed by atoms with E-state index in [2.05, 4.69) is 0 Å². The highest BCUT2D eigenvalue weighted by Crippen LogP contribution is 2.45. The van der Waals surface area contributed by atoms with Crippen LogP contribution < -0.4 is 11.0 Å². The molecular weight excluding hydrogens is 229 g/mol. The molecular formula is C10H14NO2PS. The first kappa shape index (κ1) is 12.4. The fraction of sp³-hybridized carbons (Fsp3) is 0.300. The maximum atomic E-state index is 12.4. The average molecular weight is 243 g/mol. The molecule has 1 aromatic carbocycles. The summed E-state index contributed by atoms with van der Waals surface area (Å²) in [5.74, 6) is 0. The van der Waals surface area contributed by atoms with E-state index in [4.69, 9.17) is 22.5 Å². The Labute approximate surface area is 95.1 Å². The monoisotopic (exact) mass is 243 g/mol. The minimum atomic E-state index is -2.89. The van der Waals surface area contributed by atoms with Crippen LogP contribution in [-0.4, -0.2) is 17.8 Å². The van der Waals surface area contributed by atoms with Gasteiger partial charge in [0.15, 0.2) is 0 Å². The SMILES string of the molecule is CCOP(=O)(CC(N)=S)c1ccccc1. The van der Waals surface area contributed by atoms with Crippen molar-refractivity contribution >= 4 is 29.9 Å². The lowest BCUT2D eigenvalue weighted by atomic mass is 10.4. The van der Waals surface area contributed by atoms with E-state index in [1.807, 2.05) is 18.2 Å². The summed E-state index contributed by atoms with van der Waals surface area (Å²) >= 11 is 4.78. The van der Waals surface area contributed by atoms with Crippen molar-refractivity contribution in [1.29, 1.82) is 0 Å². The Morgan fingerprint density at radius 3 is 2.53 bits per heavy atom. The lowest BCUT2D eigenvalue weighted by Gasteiger charge is -2.17. The summed E-state index contributed by atoms with van der Waals surface area (Å²) in [6.07, 6.45) is 0.125. The topological polar surface area (TPSA) is 52.3 Å². The zero-order chi connectivity index (χ0) is 11.3. The van der Waals surface area contributed by atoms with Gasteiger partial charge in [-0.1, -0.05) is 30.4 Å². The van der Waals surface area contributed by atoms with Gasteiger partial charge in [-0.05, 0) is 19.1 Å². The number of hydrogen-bond donors (Lipinski definition) is 1. The van der Waals surface area contributed by atoms with Crippen molar-refractivity contribution in [2.75, 3.05) is 12.8 Å². The van der Waals surface area contributed by atoms with E-state index in [9.17, 15) is 4.57 Å². The first-order valence-electron chi connectivity index (χ1n) is 4.66. The smallest absolute Gasteiger partial charge is 0.238 e. The third-order valence-electron chi connectivity index (χ3n) is 1.85. The highest BCUT2D eigenvalue weighted by atomic mass is 32.1. The van der Waals surface area contributed by atoms with Gasteiger partial charge >= 0.3 is 0 Å². The molecule has 0 aliphatic carbocycles. The average Bonchev–Trinajstić information content (AvgIpc) is 2.18. The van der Waals surface area contributed by atoms with Crippen LogP contribution in [-0.2, 0) is 9.09 Å². The maximum Gasteiger partial charge on any atom is 0.238 e. The summed E-state index contributed by atoms with van der Waals surface area (Å²) in [6.45, 7) is 2.18. The van der Waals surface area contributed by atoms with E-state index in [1.165, 1.54) is 0 Å². The fourth-order valence-electron chi connectivity index (χ4n) is 1.28. The molecule has 0 aliphatic heterocycles. The predicted molar refractivity (Wildman–Crippen MR) is 67.0 cm³/mol. The Morgan fingerprint density at radius 2 is 2.07 bits per heavy atom. The minimum Gasteiger partial charge on any atom is -0.393 e. The van der Waals surface area contributed by atoms with Crippen LogP contribution in [0.2, 0.25) is 0 Å². The molecule has 0 fully saturated rings. The highest BCUT2D eigenvalue weighted by Gasteiger charge is 2.25. The first-order chi connectivity index (χ1) is 7.08. The van der Waals surface area contributed by atoms with Gasteiger partial charge in [0.1, 0.15) is 0 Å². The van der Waals surface area contributed by atoms with Crippen LogP contribution in [0, 0.1) is 0 Å². The number of benzene rings is 1. The van der Waals surface area contributed by atoms with Gasteiger partial charge in [-0.2, -0.15) is 0 Å². The number of thiocarbonyl (C=S) groups is 1. The molecule has 0 heterocycles. The van der Waals surface area contributed by atoms with E-state index in [1.54, 1.807) is 19.1 Å². The molecule has 1 aromatic rings. The number of nitrogens with two attached hydrogens (primary N) is 1. The second-order valence-electron chi connectivity index (χ2n) is 3.05. The van der Waals surface area contributed by atoms with Gasteiger partial charge in [-0.3, -0.25) is 4.57 Å². The van der Waals surface area contributed by atoms with E-state index in [0.29, 0.717) is 11.9 Å². The molecule has 0 aromatic heterocycles. The van der Waals surface area contributed by atoms with Gasteiger partial charge in [-0.25, -0.2) is 0 Å². The summed E-state index contributed by atoms with van der Waals surface area (Å²) in [5.41, 5.74) is 5.43. The Hall–Kier alpha value is -0.700. The summed E-state index contributed by atoms with van der Waals surface area (Å²) in [5, 5.41) is 0.666. The minimum absolute atomic E-state index is 0.125. The zero-order valence-corrected chi connectivity index (χ0v) is 10.3. The quantitative estimate of drug-likeness (QED) is 0.634. The third kappa shape index (κ3) is 3.42. The van der Waals surface area contributed by atoms with Gasteiger partial charge in [0.2, 0.25) is 7.37 Å². The molecule has 0 saturated carbocycles. The van der Waals surface area contributed by atoms with E-state index < -0.39 is 7.37 Å². The maximum absolute atomic E-state index is 12.4. The van der Waals surface area contributed by atoms with Crippen molar-refractivity contribution in [3.8, 4) is 0 Å². The molecule has 0 bridgehead atoms. The molecule has 5 heteroatoms. The Bertz CT molecular complexity index is 380. The van der Waals surface area contributed by atoms with Crippen LogP contribution in [0.1, 0.15) is 6.92 Å². The summed E-state index contributed by atoms with van der Waals surface area (Å²) < 4.78 is 17.7. The fourth-order valence-corrected chi connectivity index (χ4v) is 3.67. The molecule has 1 atom stereocenters. The van der Waals surface area contributed by atoms with E-state index in [-0.39, 0.29) is 11.2 Å². The van der Waals surface area contributed by atoms with Crippen molar-refractivity contribution in [3.63, 3.8) is 0 Å². The van der Waals surface area contributed by atoms with Crippen molar-refractivity contribution in [1.82, 2.24) is 0 Å². The first-order valence-corrected chi connectivity index (χ1v) is 6.88. The molecule has 0 amide bonds. The normalized spacial score (nSPS) is 14.5. The van der Waals surface area contributed by atoms with Crippen LogP contribution in [0.4, 0.5) is 0 Å². The van der Waals surface area contributed by atoms with Gasteiger partial charge < -0.3 is 10.3 Å². The number of rotatable bonds is 5. The van der Waals surface area contributed by atoms with Crippen molar-refractivity contribution < 1.29 is 9.09 Å². The molecule has 82 valence electrons. The lowest BCUT2D eigenvalue weighted by Crippen LogP contribution is -2.20. The Balaban J connectivity index is 3.01. The van der Waals surface area contributed by atoms with Crippen molar-refractivity contribution in [3.05, 3.63) is 30.3 Å². The molecule has 0 aliphatic rings. The van der Waals surface area contributed by atoms with E-state index in [0.717, 1.165) is 0 Å². The Kier molecular flexibility index (Phi) is 4.45. The largest absolute Gasteiger partial charge is 0.393 e. The van der Waals surface area contributed by atoms with Crippen molar-refractivity contribution in [2.45, 2.75) is 6.92 Å². The van der Waals surface area contributed by atoms with Gasteiger partial charge in [0, 0.05) is 5.30 Å². The summed E-state index contributed by atoms with van der Waals surface area (Å²) in [7, 11) is -2.89. The van der Waals surface area contributed by atoms with Crippen LogP contribution >= 0.6 is 19.6 Å². The Morgan fingerprint density at radius 1 is 1.47 bits per heavy atom. The summed E-state index contributed by atoms with van der Waals surface area (Å²) in [4.78, 5) is 0.218.